The van der Waals surface area contributed by atoms with Crippen LogP contribution in [-0.2, 0) is 9.59 Å². The Morgan fingerprint density at radius 2 is 0.733 bits per heavy atom. The molecule has 0 atom stereocenters. The average molecular weight is 396 g/mol. The van der Waals surface area contributed by atoms with E-state index in [-0.39, 0.29) is 11.8 Å². The van der Waals surface area contributed by atoms with Crippen molar-refractivity contribution in [1.29, 1.82) is 0 Å². The molecule has 30 heavy (non-hydrogen) atoms. The average Bonchev–Trinajstić information content (AvgIpc) is 2.73. The number of rotatable bonds is 6. The van der Waals surface area contributed by atoms with Crippen molar-refractivity contribution in [3.05, 3.63) is 95.1 Å². The van der Waals surface area contributed by atoms with Crippen molar-refractivity contribution in [2.24, 2.45) is 0 Å². The lowest BCUT2D eigenvalue weighted by Gasteiger charge is -2.02. The third-order valence-corrected chi connectivity index (χ3v) is 4.34. The summed E-state index contributed by atoms with van der Waals surface area (Å²) in [6, 6.07) is 23.7. The van der Waals surface area contributed by atoms with Gasteiger partial charge in [-0.25, -0.2) is 0 Å². The molecule has 0 unspecified atom stereocenters. The highest BCUT2D eigenvalue weighted by atomic mass is 16.2. The molecule has 3 rings (SSSR count). The number of hydrogen-bond donors (Lipinski definition) is 2. The molecule has 2 N–H and O–H groups in total. The predicted molar refractivity (Wildman–Crippen MR) is 126 cm³/mol. The van der Waals surface area contributed by atoms with Crippen LogP contribution in [-0.4, -0.2) is 11.8 Å². The summed E-state index contributed by atoms with van der Waals surface area (Å²) in [6.07, 6.45) is 8.20. The zero-order valence-corrected chi connectivity index (χ0v) is 17.1. The van der Waals surface area contributed by atoms with Gasteiger partial charge in [0.1, 0.15) is 0 Å². The topological polar surface area (TPSA) is 58.2 Å². The van der Waals surface area contributed by atoms with Gasteiger partial charge in [0.25, 0.3) is 0 Å². The molecule has 0 bridgehead atoms. The number of nitrogens with one attached hydrogen (secondary N) is 2. The van der Waals surface area contributed by atoms with Gasteiger partial charge in [-0.2, -0.15) is 0 Å². The minimum atomic E-state index is -0.0746. The van der Waals surface area contributed by atoms with Crippen molar-refractivity contribution < 1.29 is 9.59 Å². The monoisotopic (exact) mass is 396 g/mol. The Morgan fingerprint density at radius 1 is 0.500 bits per heavy atom. The van der Waals surface area contributed by atoms with Gasteiger partial charge >= 0.3 is 0 Å². The fraction of sp³-hybridized carbons (Fsp3) is 0.0769. The SMILES string of the molecule is CC(=O)Nc1ccc(C=Cc2ccc(C=Cc3ccc(NC(C)=O)cc3)cc2)cc1. The maximum atomic E-state index is 11.1. The molecule has 4 heteroatoms. The fourth-order valence-electron chi connectivity index (χ4n) is 2.86. The van der Waals surface area contributed by atoms with Crippen molar-refractivity contribution in [2.45, 2.75) is 13.8 Å². The van der Waals surface area contributed by atoms with Gasteiger partial charge in [0.05, 0.1) is 0 Å². The lowest BCUT2D eigenvalue weighted by molar-refractivity contribution is -0.115. The lowest BCUT2D eigenvalue weighted by atomic mass is 10.1. The summed E-state index contributed by atoms with van der Waals surface area (Å²) in [7, 11) is 0. The second-order valence-electron chi connectivity index (χ2n) is 6.94. The molecule has 0 radical (unpaired) electrons. The number of carbonyl (C=O) groups is 2. The van der Waals surface area contributed by atoms with E-state index in [1.54, 1.807) is 0 Å². The van der Waals surface area contributed by atoms with Gasteiger partial charge in [-0.1, -0.05) is 72.8 Å². The molecular formula is C26H24N2O2. The van der Waals surface area contributed by atoms with Gasteiger partial charge in [0.2, 0.25) is 11.8 Å². The molecule has 0 spiro atoms. The number of benzene rings is 3. The summed E-state index contributed by atoms with van der Waals surface area (Å²) >= 11 is 0. The van der Waals surface area contributed by atoms with Gasteiger partial charge in [0.15, 0.2) is 0 Å². The lowest BCUT2D eigenvalue weighted by Crippen LogP contribution is -2.05. The normalized spacial score (nSPS) is 11.0. The van der Waals surface area contributed by atoms with E-state index in [9.17, 15) is 9.59 Å². The third kappa shape index (κ3) is 6.60. The number of hydrogen-bond acceptors (Lipinski definition) is 2. The Hall–Kier alpha value is -3.92. The maximum absolute atomic E-state index is 11.1. The van der Waals surface area contributed by atoms with Crippen LogP contribution < -0.4 is 10.6 Å². The molecule has 2 amide bonds. The summed E-state index contributed by atoms with van der Waals surface area (Å²) in [5.74, 6) is -0.149. The van der Waals surface area contributed by atoms with Crippen molar-refractivity contribution in [3.63, 3.8) is 0 Å². The number of anilines is 2. The Morgan fingerprint density at radius 3 is 0.967 bits per heavy atom. The van der Waals surface area contributed by atoms with Gasteiger partial charge in [-0.15, -0.1) is 0 Å². The Bertz CT molecular complexity index is 973. The largest absolute Gasteiger partial charge is 0.326 e. The van der Waals surface area contributed by atoms with Crippen molar-refractivity contribution >= 4 is 47.5 Å². The van der Waals surface area contributed by atoms with E-state index in [4.69, 9.17) is 0 Å². The van der Waals surface area contributed by atoms with Crippen LogP contribution in [0.4, 0.5) is 11.4 Å². The zero-order chi connectivity index (χ0) is 21.3. The molecule has 4 nitrogen and oxygen atoms in total. The van der Waals surface area contributed by atoms with Gasteiger partial charge in [-0.3, -0.25) is 9.59 Å². The van der Waals surface area contributed by atoms with Crippen LogP contribution >= 0.6 is 0 Å². The molecule has 0 saturated carbocycles. The van der Waals surface area contributed by atoms with E-state index in [1.807, 2.05) is 60.7 Å². The molecule has 0 aliphatic heterocycles. The van der Waals surface area contributed by atoms with Crippen LogP contribution in [0.2, 0.25) is 0 Å². The third-order valence-electron chi connectivity index (χ3n) is 4.34. The van der Waals surface area contributed by atoms with Crippen LogP contribution in [0.1, 0.15) is 36.1 Å². The molecule has 0 aliphatic carbocycles. The molecule has 0 saturated heterocycles. The van der Waals surface area contributed by atoms with E-state index >= 15 is 0 Å². The molecule has 3 aromatic rings. The second-order valence-corrected chi connectivity index (χ2v) is 6.94. The standard InChI is InChI=1S/C26H24N2O2/c1-19(29)27-25-15-11-23(12-16-25)9-7-21-3-5-22(6-4-21)8-10-24-13-17-26(18-14-24)28-20(2)30/h3-18H,1-2H3,(H,27,29)(H,28,30). The second kappa shape index (κ2) is 10.0. The first-order valence-electron chi connectivity index (χ1n) is 9.69. The van der Waals surface area contributed by atoms with Crippen molar-refractivity contribution in [3.8, 4) is 0 Å². The van der Waals surface area contributed by atoms with Crippen LogP contribution in [0.25, 0.3) is 24.3 Å². The predicted octanol–water partition coefficient (Wildman–Crippen LogP) is 5.94. The number of carbonyl (C=O) groups excluding carboxylic acids is 2. The van der Waals surface area contributed by atoms with Crippen molar-refractivity contribution in [1.82, 2.24) is 0 Å². The van der Waals surface area contributed by atoms with E-state index in [1.165, 1.54) is 13.8 Å². The number of amides is 2. The first kappa shape index (κ1) is 20.8. The molecule has 0 heterocycles. The Balaban J connectivity index is 1.59. The van der Waals surface area contributed by atoms with Gasteiger partial charge in [0, 0.05) is 25.2 Å². The molecule has 0 aliphatic rings. The minimum Gasteiger partial charge on any atom is -0.326 e. The summed E-state index contributed by atoms with van der Waals surface area (Å²) in [5, 5.41) is 5.52. The van der Waals surface area contributed by atoms with Gasteiger partial charge in [-0.05, 0) is 46.5 Å². The first-order chi connectivity index (χ1) is 14.5. The van der Waals surface area contributed by atoms with Crippen LogP contribution in [0.3, 0.4) is 0 Å². The molecule has 3 aromatic carbocycles. The Kier molecular flexibility index (Phi) is 6.95. The van der Waals surface area contributed by atoms with Crippen LogP contribution in [0, 0.1) is 0 Å². The van der Waals surface area contributed by atoms with Crippen molar-refractivity contribution in [2.75, 3.05) is 10.6 Å². The van der Waals surface area contributed by atoms with Crippen LogP contribution in [0.15, 0.2) is 72.8 Å². The molecule has 0 fully saturated rings. The fourth-order valence-corrected chi connectivity index (χ4v) is 2.86. The highest BCUT2D eigenvalue weighted by molar-refractivity contribution is 5.89. The van der Waals surface area contributed by atoms with Gasteiger partial charge < -0.3 is 10.6 Å². The molecule has 0 aromatic heterocycles. The summed E-state index contributed by atoms with van der Waals surface area (Å²) in [6.45, 7) is 2.99. The highest BCUT2D eigenvalue weighted by Gasteiger charge is 1.96. The van der Waals surface area contributed by atoms with E-state index in [2.05, 4.69) is 47.1 Å². The quantitative estimate of drug-likeness (QED) is 0.506. The first-order valence-corrected chi connectivity index (χ1v) is 9.69. The highest BCUT2D eigenvalue weighted by Crippen LogP contribution is 2.15. The summed E-state index contributed by atoms with van der Waals surface area (Å²) < 4.78 is 0. The molecular weight excluding hydrogens is 372 g/mol. The maximum Gasteiger partial charge on any atom is 0.221 e. The summed E-state index contributed by atoms with van der Waals surface area (Å²) in [4.78, 5) is 22.1. The Labute approximate surface area is 177 Å². The molecule has 150 valence electrons. The van der Waals surface area contributed by atoms with Crippen LogP contribution in [0.5, 0.6) is 0 Å². The smallest absolute Gasteiger partial charge is 0.221 e. The van der Waals surface area contributed by atoms with E-state index in [0.29, 0.717) is 0 Å². The zero-order valence-electron chi connectivity index (χ0n) is 17.1. The minimum absolute atomic E-state index is 0.0746. The summed E-state index contributed by atoms with van der Waals surface area (Å²) in [5.41, 5.74) is 5.93. The van der Waals surface area contributed by atoms with E-state index < -0.39 is 0 Å². The van der Waals surface area contributed by atoms with E-state index in [0.717, 1.165) is 33.6 Å².